The fourth-order valence-electron chi connectivity index (χ4n) is 3.79. The maximum Gasteiger partial charge on any atom is 0.262 e. The van der Waals surface area contributed by atoms with Crippen molar-refractivity contribution in [2.45, 2.75) is 18.2 Å². The Balaban J connectivity index is 1.32. The lowest BCUT2D eigenvalue weighted by atomic mass is 10.1. The summed E-state index contributed by atoms with van der Waals surface area (Å²) in [6, 6.07) is 13.6. The molecule has 168 valence electrons. The Kier molecular flexibility index (Phi) is 7.29. The number of aryl methyl sites for hydroxylation is 1. The summed E-state index contributed by atoms with van der Waals surface area (Å²) in [5.41, 5.74) is 3.43. The van der Waals surface area contributed by atoms with Gasteiger partial charge in [-0.2, -0.15) is 0 Å². The van der Waals surface area contributed by atoms with Crippen LogP contribution in [-0.4, -0.2) is 67.9 Å². The highest BCUT2D eigenvalue weighted by atomic mass is 32.2. The molecular formula is C25H30N4O2S. The molecule has 6 nitrogen and oxygen atoms in total. The number of amides is 2. The van der Waals surface area contributed by atoms with Crippen LogP contribution in [0.15, 0.2) is 52.3 Å². The molecule has 0 spiro atoms. The number of nitrogens with one attached hydrogen (secondary N) is 2. The van der Waals surface area contributed by atoms with Gasteiger partial charge in [-0.3, -0.25) is 9.59 Å². The molecule has 32 heavy (non-hydrogen) atoms. The zero-order valence-corrected chi connectivity index (χ0v) is 19.5. The first kappa shape index (κ1) is 22.6. The first-order valence-electron chi connectivity index (χ1n) is 11.1. The fourth-order valence-corrected chi connectivity index (χ4v) is 4.73. The second-order valence-electron chi connectivity index (χ2n) is 8.44. The minimum atomic E-state index is -0.146. The van der Waals surface area contributed by atoms with Crippen molar-refractivity contribution in [3.05, 3.63) is 64.1 Å². The first-order chi connectivity index (χ1) is 15.5. The minimum absolute atomic E-state index is 0.105. The number of hydrogen-bond donors (Lipinski definition) is 2. The van der Waals surface area contributed by atoms with Crippen LogP contribution in [0, 0.1) is 6.92 Å². The maximum absolute atomic E-state index is 12.6. The number of likely N-dealkylation sites (N-methyl/N-ethyl adjacent to an activating group) is 1. The average Bonchev–Trinajstić information content (AvgIpc) is 2.79. The number of thioether (sulfide) groups is 1. The zero-order chi connectivity index (χ0) is 22.5. The third-order valence-corrected chi connectivity index (χ3v) is 6.94. The molecule has 4 rings (SSSR count). The third kappa shape index (κ3) is 5.79. The topological polar surface area (TPSA) is 64.7 Å². The van der Waals surface area contributed by atoms with Gasteiger partial charge >= 0.3 is 0 Å². The molecule has 2 N–H and O–H groups in total. The number of piperazine rings is 1. The third-order valence-electron chi connectivity index (χ3n) is 5.84. The van der Waals surface area contributed by atoms with Crippen LogP contribution in [0.3, 0.4) is 0 Å². The summed E-state index contributed by atoms with van der Waals surface area (Å²) in [7, 11) is 2.15. The van der Waals surface area contributed by atoms with Gasteiger partial charge in [-0.25, -0.2) is 0 Å². The van der Waals surface area contributed by atoms with Crippen LogP contribution in [0.4, 0.5) is 5.69 Å². The lowest BCUT2D eigenvalue weighted by Gasteiger charge is -2.32. The highest BCUT2D eigenvalue weighted by Crippen LogP contribution is 2.39. The molecule has 1 fully saturated rings. The fraction of sp³-hybridized carbons (Fsp3) is 0.360. The Bertz CT molecular complexity index is 1010. The van der Waals surface area contributed by atoms with Crippen LogP contribution >= 0.6 is 11.8 Å². The first-order valence-corrected chi connectivity index (χ1v) is 11.9. The van der Waals surface area contributed by atoms with E-state index >= 15 is 0 Å². The van der Waals surface area contributed by atoms with Gasteiger partial charge < -0.3 is 20.4 Å². The van der Waals surface area contributed by atoms with Gasteiger partial charge in [0.2, 0.25) is 0 Å². The Morgan fingerprint density at radius 3 is 2.62 bits per heavy atom. The van der Waals surface area contributed by atoms with Crippen molar-refractivity contribution in [2.75, 3.05) is 51.6 Å². The molecule has 2 amide bonds. The van der Waals surface area contributed by atoms with Crippen LogP contribution in [0.1, 0.15) is 27.9 Å². The van der Waals surface area contributed by atoms with E-state index in [4.69, 9.17) is 0 Å². The van der Waals surface area contributed by atoms with Gasteiger partial charge in [0.05, 0.1) is 10.6 Å². The number of carbonyl (C=O) groups is 2. The van der Waals surface area contributed by atoms with E-state index in [2.05, 4.69) is 27.5 Å². The highest BCUT2D eigenvalue weighted by Gasteiger charge is 2.22. The number of nitrogens with zero attached hydrogens (tertiary/aromatic N) is 2. The summed E-state index contributed by atoms with van der Waals surface area (Å²) in [4.78, 5) is 31.5. The molecule has 1 saturated heterocycles. The largest absolute Gasteiger partial charge is 0.352 e. The predicted molar refractivity (Wildman–Crippen MR) is 131 cm³/mol. The molecule has 2 heterocycles. The molecular weight excluding hydrogens is 420 g/mol. The van der Waals surface area contributed by atoms with Crippen molar-refractivity contribution < 1.29 is 9.59 Å². The van der Waals surface area contributed by atoms with Crippen LogP contribution in [-0.2, 0) is 4.79 Å². The van der Waals surface area contributed by atoms with E-state index in [1.54, 1.807) is 6.07 Å². The zero-order valence-electron chi connectivity index (χ0n) is 18.7. The van der Waals surface area contributed by atoms with Gasteiger partial charge in [-0.05, 0) is 56.8 Å². The number of rotatable bonds is 6. The van der Waals surface area contributed by atoms with Crippen molar-refractivity contribution in [3.8, 4) is 0 Å². The molecule has 7 heteroatoms. The molecule has 0 unspecified atom stereocenters. The SMILES string of the molecule is Cc1ccc(/C=C2/Sc3ccc(C(=O)NCCCN4CCN(C)CC4)cc3NC2=O)cc1. The summed E-state index contributed by atoms with van der Waals surface area (Å²) in [6.45, 7) is 8.07. The molecule has 0 bridgehead atoms. The Morgan fingerprint density at radius 2 is 1.88 bits per heavy atom. The molecule has 0 aliphatic carbocycles. The summed E-state index contributed by atoms with van der Waals surface area (Å²) < 4.78 is 0. The van der Waals surface area contributed by atoms with Gasteiger partial charge in [0, 0.05) is 43.2 Å². The maximum atomic E-state index is 12.6. The second kappa shape index (κ2) is 10.3. The molecule has 0 radical (unpaired) electrons. The van der Waals surface area contributed by atoms with E-state index in [-0.39, 0.29) is 11.8 Å². The van der Waals surface area contributed by atoms with Crippen molar-refractivity contribution in [1.82, 2.24) is 15.1 Å². The number of carbonyl (C=O) groups excluding carboxylic acids is 2. The van der Waals surface area contributed by atoms with Gasteiger partial charge in [-0.15, -0.1) is 0 Å². The highest BCUT2D eigenvalue weighted by molar-refractivity contribution is 8.04. The molecule has 2 aliphatic rings. The average molecular weight is 451 g/mol. The molecule has 2 aliphatic heterocycles. The Hall–Kier alpha value is -2.61. The van der Waals surface area contributed by atoms with Crippen LogP contribution in [0.2, 0.25) is 0 Å². The lowest BCUT2D eigenvalue weighted by molar-refractivity contribution is -0.112. The molecule has 2 aromatic rings. The number of hydrogen-bond acceptors (Lipinski definition) is 5. The summed E-state index contributed by atoms with van der Waals surface area (Å²) in [5, 5.41) is 5.94. The number of fused-ring (bicyclic) bond motifs is 1. The van der Waals surface area contributed by atoms with Crippen molar-refractivity contribution in [1.29, 1.82) is 0 Å². The summed E-state index contributed by atoms with van der Waals surface area (Å²) in [5.74, 6) is -0.251. The smallest absolute Gasteiger partial charge is 0.262 e. The molecule has 2 aromatic carbocycles. The normalized spacial score (nSPS) is 18.3. The van der Waals surface area contributed by atoms with Crippen molar-refractivity contribution in [2.24, 2.45) is 0 Å². The minimum Gasteiger partial charge on any atom is -0.352 e. The van der Waals surface area contributed by atoms with E-state index < -0.39 is 0 Å². The predicted octanol–water partition coefficient (Wildman–Crippen LogP) is 3.45. The number of benzene rings is 2. The summed E-state index contributed by atoms with van der Waals surface area (Å²) in [6.07, 6.45) is 2.82. The Morgan fingerprint density at radius 1 is 1.12 bits per heavy atom. The molecule has 0 aromatic heterocycles. The quantitative estimate of drug-likeness (QED) is 0.521. The number of anilines is 1. The van der Waals surface area contributed by atoms with E-state index in [9.17, 15) is 9.59 Å². The van der Waals surface area contributed by atoms with E-state index in [1.807, 2.05) is 49.4 Å². The van der Waals surface area contributed by atoms with Crippen LogP contribution in [0.5, 0.6) is 0 Å². The van der Waals surface area contributed by atoms with Gasteiger partial charge in [0.25, 0.3) is 11.8 Å². The molecule has 0 atom stereocenters. The van der Waals surface area contributed by atoms with Crippen molar-refractivity contribution in [3.63, 3.8) is 0 Å². The van der Waals surface area contributed by atoms with Crippen LogP contribution < -0.4 is 10.6 Å². The second-order valence-corrected chi connectivity index (χ2v) is 9.52. The van der Waals surface area contributed by atoms with E-state index in [0.717, 1.165) is 49.6 Å². The van der Waals surface area contributed by atoms with Crippen LogP contribution in [0.25, 0.3) is 6.08 Å². The standard InChI is InChI=1S/C25H30N4O2S/c1-18-4-6-19(7-5-18)16-23-25(31)27-21-17-20(8-9-22(21)32-23)24(30)26-10-3-11-29-14-12-28(2)13-15-29/h4-9,16-17H,3,10-15H2,1-2H3,(H,26,30)(H,27,31)/b23-16+. The Labute approximate surface area is 194 Å². The van der Waals surface area contributed by atoms with Gasteiger partial charge in [0.15, 0.2) is 0 Å². The molecule has 0 saturated carbocycles. The van der Waals surface area contributed by atoms with E-state index in [0.29, 0.717) is 22.7 Å². The van der Waals surface area contributed by atoms with Gasteiger partial charge in [0.1, 0.15) is 0 Å². The monoisotopic (exact) mass is 450 g/mol. The summed E-state index contributed by atoms with van der Waals surface area (Å²) >= 11 is 1.43. The van der Waals surface area contributed by atoms with Gasteiger partial charge in [-0.1, -0.05) is 41.6 Å². The van der Waals surface area contributed by atoms with E-state index in [1.165, 1.54) is 17.3 Å². The lowest BCUT2D eigenvalue weighted by Crippen LogP contribution is -2.45. The van der Waals surface area contributed by atoms with Crippen molar-refractivity contribution >= 4 is 35.3 Å².